The van der Waals surface area contributed by atoms with E-state index in [0.29, 0.717) is 63.3 Å². The summed E-state index contributed by atoms with van der Waals surface area (Å²) in [7, 11) is 0. The lowest BCUT2D eigenvalue weighted by Crippen LogP contribution is -2.35. The highest BCUT2D eigenvalue weighted by atomic mass is 35.5. The SMILES string of the molecule is Nc1ncnc2c1c(-c1ccc(O)cc1)nn2CC(c1cccc(Cl)c1)c1nc2cccc(C#CCCCC(=O)N3CCCCC3)c2c(=O)[nH]1. The maximum atomic E-state index is 13.8. The number of nitrogens with two attached hydrogens (primary N) is 1. The summed E-state index contributed by atoms with van der Waals surface area (Å²) in [5.41, 5.74) is 9.71. The number of aromatic hydroxyl groups is 1. The van der Waals surface area contributed by atoms with Gasteiger partial charge in [0.15, 0.2) is 5.65 Å². The number of amides is 1. The highest BCUT2D eigenvalue weighted by Gasteiger charge is 2.24. The summed E-state index contributed by atoms with van der Waals surface area (Å²) in [4.78, 5) is 45.0. The van der Waals surface area contributed by atoms with Crippen molar-refractivity contribution in [1.82, 2.24) is 34.6 Å². The number of nitrogen functional groups attached to an aromatic ring is 1. The third-order valence-corrected chi connectivity index (χ3v) is 9.25. The summed E-state index contributed by atoms with van der Waals surface area (Å²) in [5, 5.41) is 16.3. The molecule has 0 saturated carbocycles. The van der Waals surface area contributed by atoms with Gasteiger partial charge in [-0.1, -0.05) is 41.6 Å². The number of halogens is 1. The first kappa shape index (κ1) is 32.8. The number of hydrogen-bond donors (Lipinski definition) is 3. The van der Waals surface area contributed by atoms with Gasteiger partial charge in [0.05, 0.1) is 28.8 Å². The third kappa shape index (κ3) is 6.88. The van der Waals surface area contributed by atoms with Gasteiger partial charge >= 0.3 is 0 Å². The zero-order valence-electron chi connectivity index (χ0n) is 27.3. The van der Waals surface area contributed by atoms with Crippen molar-refractivity contribution in [2.75, 3.05) is 18.8 Å². The van der Waals surface area contributed by atoms with E-state index in [0.717, 1.165) is 37.1 Å². The van der Waals surface area contributed by atoms with Gasteiger partial charge in [-0.05, 0) is 79.8 Å². The Balaban J connectivity index is 1.22. The number of H-pyrrole nitrogens is 1. The fourth-order valence-electron chi connectivity index (χ4n) is 6.49. The number of rotatable bonds is 8. The molecule has 252 valence electrons. The van der Waals surface area contributed by atoms with E-state index in [9.17, 15) is 14.7 Å². The van der Waals surface area contributed by atoms with Crippen molar-refractivity contribution in [3.05, 3.63) is 105 Å². The molecule has 3 aromatic carbocycles. The fourth-order valence-corrected chi connectivity index (χ4v) is 6.69. The molecule has 11 nitrogen and oxygen atoms in total. The van der Waals surface area contributed by atoms with Crippen molar-refractivity contribution in [1.29, 1.82) is 0 Å². The Kier molecular flexibility index (Phi) is 9.45. The van der Waals surface area contributed by atoms with E-state index in [4.69, 9.17) is 27.4 Å². The summed E-state index contributed by atoms with van der Waals surface area (Å²) in [6.07, 6.45) is 6.41. The number of piperidine rings is 1. The average molecular weight is 687 g/mol. The molecule has 7 rings (SSSR count). The molecule has 1 atom stereocenters. The first-order valence-electron chi connectivity index (χ1n) is 16.7. The van der Waals surface area contributed by atoms with Crippen LogP contribution in [0.2, 0.25) is 5.02 Å². The number of hydrogen-bond acceptors (Lipinski definition) is 8. The molecule has 1 saturated heterocycles. The highest BCUT2D eigenvalue weighted by molar-refractivity contribution is 6.30. The Morgan fingerprint density at radius 2 is 1.82 bits per heavy atom. The lowest BCUT2D eigenvalue weighted by molar-refractivity contribution is -0.132. The quantitative estimate of drug-likeness (QED) is 0.129. The van der Waals surface area contributed by atoms with Gasteiger partial charge in [0.2, 0.25) is 5.91 Å². The van der Waals surface area contributed by atoms with Crippen LogP contribution >= 0.6 is 11.6 Å². The molecular formula is C38H35ClN8O3. The molecule has 0 aliphatic carbocycles. The van der Waals surface area contributed by atoms with Crippen molar-refractivity contribution in [3.63, 3.8) is 0 Å². The smallest absolute Gasteiger partial charge is 0.260 e. The van der Waals surface area contributed by atoms with Crippen molar-refractivity contribution in [3.8, 4) is 28.8 Å². The fraction of sp³-hybridized carbons (Fsp3) is 0.263. The zero-order valence-corrected chi connectivity index (χ0v) is 28.0. The molecule has 1 amide bonds. The first-order valence-corrected chi connectivity index (χ1v) is 17.0. The van der Waals surface area contributed by atoms with Crippen LogP contribution in [0.4, 0.5) is 5.82 Å². The van der Waals surface area contributed by atoms with Crippen molar-refractivity contribution in [2.24, 2.45) is 0 Å². The number of carbonyl (C=O) groups excluding carboxylic acids is 1. The molecule has 4 N–H and O–H groups in total. The van der Waals surface area contributed by atoms with Gasteiger partial charge < -0.3 is 20.7 Å². The molecule has 1 aliphatic heterocycles. The molecule has 50 heavy (non-hydrogen) atoms. The number of phenolic OH excluding ortho intramolecular Hbond substituents is 1. The van der Waals surface area contributed by atoms with Crippen LogP contribution in [0.3, 0.4) is 0 Å². The van der Waals surface area contributed by atoms with E-state index in [1.54, 1.807) is 41.1 Å². The van der Waals surface area contributed by atoms with E-state index < -0.39 is 5.92 Å². The number of aromatic nitrogens is 6. The normalized spacial score (nSPS) is 13.7. The van der Waals surface area contributed by atoms with Crippen LogP contribution in [0, 0.1) is 11.8 Å². The van der Waals surface area contributed by atoms with Crippen LogP contribution < -0.4 is 11.3 Å². The minimum Gasteiger partial charge on any atom is -0.508 e. The Labute approximate surface area is 293 Å². The zero-order chi connectivity index (χ0) is 34.6. The Morgan fingerprint density at radius 1 is 1.02 bits per heavy atom. The maximum absolute atomic E-state index is 13.8. The number of carbonyl (C=O) groups is 1. The summed E-state index contributed by atoms with van der Waals surface area (Å²) in [6, 6.07) is 19.5. The highest BCUT2D eigenvalue weighted by Crippen LogP contribution is 2.34. The molecular weight excluding hydrogens is 652 g/mol. The number of nitrogens with zero attached hydrogens (tertiary/aromatic N) is 6. The van der Waals surface area contributed by atoms with E-state index >= 15 is 0 Å². The second kappa shape index (κ2) is 14.4. The molecule has 6 aromatic rings. The topological polar surface area (TPSA) is 156 Å². The minimum atomic E-state index is -0.495. The van der Waals surface area contributed by atoms with Crippen LogP contribution in [0.15, 0.2) is 77.9 Å². The number of phenols is 1. The molecule has 12 heteroatoms. The van der Waals surface area contributed by atoms with E-state index in [2.05, 4.69) is 26.8 Å². The lowest BCUT2D eigenvalue weighted by Gasteiger charge is -2.26. The summed E-state index contributed by atoms with van der Waals surface area (Å²) in [5.74, 6) is 6.81. The van der Waals surface area contributed by atoms with Gasteiger partial charge in [-0.15, -0.1) is 0 Å². The predicted molar refractivity (Wildman–Crippen MR) is 194 cm³/mol. The van der Waals surface area contributed by atoms with Crippen molar-refractivity contribution < 1.29 is 9.90 Å². The Hall–Kier alpha value is -5.73. The standard InChI is InChI=1S/C38H35ClN8O3/c39-27-12-7-11-26(21-27)29(22-47-37-33(35(40)41-23-42-37)34(45-47)25-15-17-28(48)18-16-25)36-43-30-13-8-10-24(32(30)38(50)44-36)9-3-1-4-14-31(49)46-19-5-2-6-20-46/h7-8,10-13,15-18,21,23,29,48H,1-2,4-6,14,19-20,22H2,(H2,40,41,42)(H,43,44,50). The summed E-state index contributed by atoms with van der Waals surface area (Å²) in [6.45, 7) is 1.92. The van der Waals surface area contributed by atoms with E-state index in [1.807, 2.05) is 35.2 Å². The number of aromatic amines is 1. The average Bonchev–Trinajstić information content (AvgIpc) is 3.50. The van der Waals surface area contributed by atoms with Gasteiger partial charge in [-0.3, -0.25) is 9.59 Å². The molecule has 1 fully saturated rings. The van der Waals surface area contributed by atoms with Crippen LogP contribution in [-0.2, 0) is 11.3 Å². The Morgan fingerprint density at radius 3 is 2.62 bits per heavy atom. The number of likely N-dealkylation sites (tertiary alicyclic amines) is 1. The monoisotopic (exact) mass is 686 g/mol. The van der Waals surface area contributed by atoms with Crippen LogP contribution in [0.25, 0.3) is 33.2 Å². The third-order valence-electron chi connectivity index (χ3n) is 9.01. The number of anilines is 1. The molecule has 3 aromatic heterocycles. The second-order valence-corrected chi connectivity index (χ2v) is 12.8. The number of nitrogens with one attached hydrogen (secondary N) is 1. The van der Waals surface area contributed by atoms with Gasteiger partial charge in [0.25, 0.3) is 5.56 Å². The van der Waals surface area contributed by atoms with Crippen molar-refractivity contribution >= 4 is 45.3 Å². The maximum Gasteiger partial charge on any atom is 0.260 e. The lowest BCUT2D eigenvalue weighted by atomic mass is 9.97. The second-order valence-electron chi connectivity index (χ2n) is 12.4. The first-order chi connectivity index (χ1) is 24.4. The predicted octanol–water partition coefficient (Wildman–Crippen LogP) is 6.04. The molecule has 0 radical (unpaired) electrons. The molecule has 0 spiro atoms. The Bertz CT molecular complexity index is 2320. The van der Waals surface area contributed by atoms with Gasteiger partial charge in [-0.25, -0.2) is 19.6 Å². The molecule has 0 bridgehead atoms. The van der Waals surface area contributed by atoms with Gasteiger partial charge in [-0.2, -0.15) is 5.10 Å². The molecule has 1 aliphatic rings. The molecule has 4 heterocycles. The largest absolute Gasteiger partial charge is 0.508 e. The summed E-state index contributed by atoms with van der Waals surface area (Å²) >= 11 is 6.46. The van der Waals surface area contributed by atoms with Crippen LogP contribution in [0.5, 0.6) is 5.75 Å². The number of fused-ring (bicyclic) bond motifs is 2. The van der Waals surface area contributed by atoms with Gasteiger partial charge in [0.1, 0.15) is 29.4 Å². The molecule has 1 unspecified atom stereocenters. The van der Waals surface area contributed by atoms with Gasteiger partial charge in [0, 0.05) is 42.1 Å². The number of benzene rings is 3. The van der Waals surface area contributed by atoms with E-state index in [1.165, 1.54) is 12.7 Å². The van der Waals surface area contributed by atoms with E-state index in [-0.39, 0.29) is 29.6 Å². The van der Waals surface area contributed by atoms with Crippen LogP contribution in [-0.4, -0.2) is 58.7 Å². The van der Waals surface area contributed by atoms with Crippen LogP contribution in [0.1, 0.15) is 61.4 Å². The van der Waals surface area contributed by atoms with Crippen molar-refractivity contribution in [2.45, 2.75) is 51.0 Å². The minimum absolute atomic E-state index is 0.128. The number of unbranched alkanes of at least 4 members (excludes halogenated alkanes) is 1. The summed E-state index contributed by atoms with van der Waals surface area (Å²) < 4.78 is 1.73.